The first kappa shape index (κ1) is 14.7. The average molecular weight is 284 g/mol. The number of hydrogen-bond donors (Lipinski definition) is 2. The Labute approximate surface area is 114 Å². The van der Waals surface area contributed by atoms with Gasteiger partial charge in [0.25, 0.3) is 0 Å². The lowest BCUT2D eigenvalue weighted by atomic mass is 10.2. The molecule has 0 saturated heterocycles. The molecule has 0 saturated carbocycles. The summed E-state index contributed by atoms with van der Waals surface area (Å²) in [5.41, 5.74) is 0.981. The monoisotopic (exact) mass is 284 g/mol. The molecule has 1 aromatic rings. The normalized spacial score (nSPS) is 11.8. The van der Waals surface area contributed by atoms with E-state index in [2.05, 4.69) is 0 Å². The van der Waals surface area contributed by atoms with Gasteiger partial charge in [-0.05, 0) is 5.56 Å². The molecule has 0 heterocycles. The predicted molar refractivity (Wildman–Crippen MR) is 74.0 cm³/mol. The Morgan fingerprint density at radius 3 is 2.33 bits per heavy atom. The number of carboxylic acids is 2. The van der Waals surface area contributed by atoms with Gasteiger partial charge in [-0.15, -0.1) is 11.8 Å². The second kappa shape index (κ2) is 7.13. The smallest absolute Gasteiger partial charge is 0.317 e. The van der Waals surface area contributed by atoms with Gasteiger partial charge in [0.2, 0.25) is 0 Å². The van der Waals surface area contributed by atoms with Crippen LogP contribution in [0.15, 0.2) is 30.3 Å². The van der Waals surface area contributed by atoms with Crippen LogP contribution in [0.5, 0.6) is 0 Å². The molecule has 0 aliphatic heterocycles. The van der Waals surface area contributed by atoms with E-state index >= 15 is 0 Å². The van der Waals surface area contributed by atoms with Crippen LogP contribution in [0.4, 0.5) is 0 Å². The number of carbonyl (C=O) groups is 2. The van der Waals surface area contributed by atoms with E-state index in [1.165, 1.54) is 0 Å². The predicted octanol–water partition coefficient (Wildman–Crippen LogP) is 2.22. The molecule has 0 fully saturated rings. The maximum absolute atomic E-state index is 10.9. The van der Waals surface area contributed by atoms with Crippen LogP contribution in [0, 0.1) is 0 Å². The molecule has 0 radical (unpaired) electrons. The number of hydrogen-bond acceptors (Lipinski definition) is 4. The van der Waals surface area contributed by atoms with Crippen LogP contribution in [0.2, 0.25) is 0 Å². The molecule has 0 aromatic heterocycles. The first-order chi connectivity index (χ1) is 8.49. The van der Waals surface area contributed by atoms with Crippen LogP contribution in [-0.4, -0.2) is 31.6 Å². The molecule has 0 spiro atoms. The lowest BCUT2D eigenvalue weighted by molar-refractivity contribution is -0.142. The standard InChI is InChI=1S/C12H12O4S2/c13-10(14)7-9(12(15)16)18-11(17)6-8-4-2-1-3-5-8/h1-5,9H,6-7H2,(H,13,14)(H,15,16). The summed E-state index contributed by atoms with van der Waals surface area (Å²) in [6.45, 7) is 0. The van der Waals surface area contributed by atoms with Crippen molar-refractivity contribution < 1.29 is 19.8 Å². The third kappa shape index (κ3) is 5.29. The van der Waals surface area contributed by atoms with Gasteiger partial charge in [0.05, 0.1) is 10.6 Å². The topological polar surface area (TPSA) is 74.6 Å². The molecule has 0 bridgehead atoms. The van der Waals surface area contributed by atoms with Crippen molar-refractivity contribution in [3.63, 3.8) is 0 Å². The Hall–Kier alpha value is -1.40. The van der Waals surface area contributed by atoms with E-state index in [1.807, 2.05) is 30.3 Å². The maximum Gasteiger partial charge on any atom is 0.317 e. The highest BCUT2D eigenvalue weighted by atomic mass is 32.2. The fourth-order valence-electron chi connectivity index (χ4n) is 1.30. The lowest BCUT2D eigenvalue weighted by Crippen LogP contribution is -2.22. The Kier molecular flexibility index (Phi) is 5.80. The van der Waals surface area contributed by atoms with Crippen molar-refractivity contribution in [2.75, 3.05) is 0 Å². The zero-order valence-corrected chi connectivity index (χ0v) is 11.0. The SMILES string of the molecule is O=C(O)CC(SC(=S)Cc1ccccc1)C(=O)O. The highest BCUT2D eigenvalue weighted by Gasteiger charge is 2.23. The van der Waals surface area contributed by atoms with Crippen molar-refractivity contribution in [3.8, 4) is 0 Å². The van der Waals surface area contributed by atoms with Gasteiger partial charge < -0.3 is 10.2 Å². The number of thioether (sulfide) groups is 1. The van der Waals surface area contributed by atoms with E-state index in [-0.39, 0.29) is 0 Å². The summed E-state index contributed by atoms with van der Waals surface area (Å²) in [5, 5.41) is 16.5. The minimum absolute atomic E-state index is 0.436. The van der Waals surface area contributed by atoms with Crippen LogP contribution in [-0.2, 0) is 16.0 Å². The zero-order valence-electron chi connectivity index (χ0n) is 9.41. The summed E-state index contributed by atoms with van der Waals surface area (Å²) in [5.74, 6) is -2.30. The summed E-state index contributed by atoms with van der Waals surface area (Å²) in [6.07, 6.45) is 0.0270. The lowest BCUT2D eigenvalue weighted by Gasteiger charge is -2.10. The number of rotatable bonds is 6. The number of benzene rings is 1. The molecule has 0 aliphatic rings. The fraction of sp³-hybridized carbons (Fsp3) is 0.250. The van der Waals surface area contributed by atoms with E-state index in [0.717, 1.165) is 17.3 Å². The van der Waals surface area contributed by atoms with Crippen molar-refractivity contribution in [1.29, 1.82) is 0 Å². The van der Waals surface area contributed by atoms with Crippen molar-refractivity contribution >= 4 is 40.1 Å². The average Bonchev–Trinajstić information content (AvgIpc) is 2.28. The van der Waals surface area contributed by atoms with E-state index in [4.69, 9.17) is 22.4 Å². The summed E-state index contributed by atoms with van der Waals surface area (Å²) in [7, 11) is 0. The Bertz CT molecular complexity index is 445. The molecule has 96 valence electrons. The summed E-state index contributed by atoms with van der Waals surface area (Å²) < 4.78 is 0.481. The molecule has 1 rings (SSSR count). The van der Waals surface area contributed by atoms with Crippen LogP contribution < -0.4 is 0 Å². The van der Waals surface area contributed by atoms with E-state index < -0.39 is 23.6 Å². The first-order valence-corrected chi connectivity index (χ1v) is 6.46. The largest absolute Gasteiger partial charge is 0.481 e. The van der Waals surface area contributed by atoms with Crippen molar-refractivity contribution in [1.82, 2.24) is 0 Å². The fourth-order valence-corrected chi connectivity index (χ4v) is 2.71. The molecular weight excluding hydrogens is 272 g/mol. The van der Waals surface area contributed by atoms with Crippen LogP contribution in [0.1, 0.15) is 12.0 Å². The third-order valence-corrected chi connectivity index (χ3v) is 3.59. The minimum Gasteiger partial charge on any atom is -0.481 e. The van der Waals surface area contributed by atoms with Gasteiger partial charge in [0, 0.05) is 6.42 Å². The van der Waals surface area contributed by atoms with E-state index in [0.29, 0.717) is 10.6 Å². The second-order valence-electron chi connectivity index (χ2n) is 3.58. The van der Waals surface area contributed by atoms with Crippen LogP contribution >= 0.6 is 24.0 Å². The van der Waals surface area contributed by atoms with Gasteiger partial charge in [-0.3, -0.25) is 9.59 Å². The molecule has 6 heteroatoms. The quantitative estimate of drug-likeness (QED) is 0.780. The van der Waals surface area contributed by atoms with Crippen molar-refractivity contribution in [2.45, 2.75) is 18.1 Å². The molecule has 4 nitrogen and oxygen atoms in total. The third-order valence-electron chi connectivity index (χ3n) is 2.10. The van der Waals surface area contributed by atoms with Gasteiger partial charge >= 0.3 is 11.9 Å². The molecule has 18 heavy (non-hydrogen) atoms. The summed E-state index contributed by atoms with van der Waals surface area (Å²) in [6, 6.07) is 9.40. The molecule has 1 unspecified atom stereocenters. The number of thiocarbonyl (C=S) groups is 1. The van der Waals surface area contributed by atoms with Gasteiger partial charge in [-0.2, -0.15) is 0 Å². The highest BCUT2D eigenvalue weighted by molar-refractivity contribution is 8.23. The Morgan fingerprint density at radius 1 is 1.22 bits per heavy atom. The maximum atomic E-state index is 10.9. The van der Waals surface area contributed by atoms with Crippen LogP contribution in [0.3, 0.4) is 0 Å². The number of carboxylic acid groups (broad SMARTS) is 2. The molecule has 1 aromatic carbocycles. The van der Waals surface area contributed by atoms with Crippen molar-refractivity contribution in [2.24, 2.45) is 0 Å². The molecule has 0 amide bonds. The number of aliphatic carboxylic acids is 2. The Morgan fingerprint density at radius 2 is 1.83 bits per heavy atom. The highest BCUT2D eigenvalue weighted by Crippen LogP contribution is 2.20. The Balaban J connectivity index is 2.56. The van der Waals surface area contributed by atoms with E-state index in [1.54, 1.807) is 0 Å². The second-order valence-corrected chi connectivity index (χ2v) is 5.63. The molecule has 2 N–H and O–H groups in total. The van der Waals surface area contributed by atoms with Crippen molar-refractivity contribution in [3.05, 3.63) is 35.9 Å². The molecule has 0 aliphatic carbocycles. The van der Waals surface area contributed by atoms with Crippen LogP contribution in [0.25, 0.3) is 0 Å². The van der Waals surface area contributed by atoms with Gasteiger partial charge in [0.1, 0.15) is 5.25 Å². The van der Waals surface area contributed by atoms with Gasteiger partial charge in [0.15, 0.2) is 0 Å². The summed E-state index contributed by atoms with van der Waals surface area (Å²) >= 11 is 6.02. The van der Waals surface area contributed by atoms with E-state index in [9.17, 15) is 9.59 Å². The zero-order chi connectivity index (χ0) is 13.5. The summed E-state index contributed by atoms with van der Waals surface area (Å²) in [4.78, 5) is 21.4. The van der Waals surface area contributed by atoms with Gasteiger partial charge in [-0.25, -0.2) is 0 Å². The first-order valence-electron chi connectivity index (χ1n) is 5.17. The van der Waals surface area contributed by atoms with Gasteiger partial charge in [-0.1, -0.05) is 42.5 Å². The molecule has 1 atom stereocenters. The molecular formula is C12H12O4S2. The minimum atomic E-state index is -1.15.